The molecule has 68 valence electrons. The number of methoxy groups -OCH3 is 1. The van der Waals surface area contributed by atoms with Crippen LogP contribution < -0.4 is 4.74 Å². The second kappa shape index (κ2) is 4.18. The lowest BCUT2D eigenvalue weighted by molar-refractivity contribution is -0.106. The molecule has 0 aliphatic carbocycles. The highest BCUT2D eigenvalue weighted by Gasteiger charge is 2.11. The molecule has 0 N–H and O–H groups in total. The number of carbonyl (C=O) groups is 2. The van der Waals surface area contributed by atoms with E-state index in [0.717, 1.165) is 0 Å². The number of halogens is 1. The van der Waals surface area contributed by atoms with Crippen molar-refractivity contribution in [2.45, 2.75) is 0 Å². The van der Waals surface area contributed by atoms with Crippen LogP contribution in [0, 0.1) is 0 Å². The molecule has 0 spiro atoms. The number of rotatable bonds is 3. The van der Waals surface area contributed by atoms with Gasteiger partial charge in [-0.25, -0.2) is 0 Å². The number of hydrogen-bond donors (Lipinski definition) is 0. The van der Waals surface area contributed by atoms with Crippen LogP contribution in [0.3, 0.4) is 0 Å². The normalized spacial score (nSPS) is 9.38. The third kappa shape index (κ3) is 2.39. The zero-order chi connectivity index (χ0) is 9.84. The molecule has 13 heavy (non-hydrogen) atoms. The fourth-order valence-corrected chi connectivity index (χ4v) is 1.08. The molecule has 0 bridgehead atoms. The maximum atomic E-state index is 11.1. The van der Waals surface area contributed by atoms with Gasteiger partial charge in [-0.1, -0.05) is 0 Å². The van der Waals surface area contributed by atoms with E-state index in [2.05, 4.69) is 15.9 Å². The highest BCUT2D eigenvalue weighted by molar-refractivity contribution is 9.19. The lowest BCUT2D eigenvalue weighted by atomic mass is 10.1. The summed E-state index contributed by atoms with van der Waals surface area (Å²) in [4.78, 5) is 21.7. The first-order valence-corrected chi connectivity index (χ1v) is 4.32. The average molecular weight is 243 g/mol. The van der Waals surface area contributed by atoms with Crippen LogP contribution >= 0.6 is 15.9 Å². The smallest absolute Gasteiger partial charge is 0.268 e. The fraction of sp³-hybridized carbons (Fsp3) is 0.111. The summed E-state index contributed by atoms with van der Waals surface area (Å²) in [6.07, 6.45) is 0. The molecule has 3 nitrogen and oxygen atoms in total. The third-order valence-electron chi connectivity index (χ3n) is 1.53. The monoisotopic (exact) mass is 242 g/mol. The molecule has 0 saturated carbocycles. The van der Waals surface area contributed by atoms with E-state index in [4.69, 9.17) is 4.74 Å². The van der Waals surface area contributed by atoms with Crippen molar-refractivity contribution in [2.24, 2.45) is 0 Å². The van der Waals surface area contributed by atoms with Gasteiger partial charge in [0.05, 0.1) is 7.11 Å². The molecule has 0 radical (unpaired) electrons. The Morgan fingerprint density at radius 3 is 2.15 bits per heavy atom. The predicted molar refractivity (Wildman–Crippen MR) is 51.3 cm³/mol. The van der Waals surface area contributed by atoms with Gasteiger partial charge in [0, 0.05) is 21.5 Å². The van der Waals surface area contributed by atoms with Crippen LogP contribution in [0.15, 0.2) is 24.3 Å². The Labute approximate surface area is 83.8 Å². The van der Waals surface area contributed by atoms with E-state index in [9.17, 15) is 9.59 Å². The standard InChI is InChI=1S/C9H7BrO3/c1-13-7-4-2-6(3-5-7)8(11)9(10)12/h2-5H,1H3. The van der Waals surface area contributed by atoms with Crippen LogP contribution in [-0.2, 0) is 4.79 Å². The van der Waals surface area contributed by atoms with E-state index in [-0.39, 0.29) is 0 Å². The largest absolute Gasteiger partial charge is 0.497 e. The molecule has 1 aromatic carbocycles. The molecule has 0 atom stereocenters. The van der Waals surface area contributed by atoms with Gasteiger partial charge in [-0.2, -0.15) is 0 Å². The van der Waals surface area contributed by atoms with Crippen LogP contribution in [0.1, 0.15) is 10.4 Å². The maximum absolute atomic E-state index is 11.1. The molecule has 0 aliphatic heterocycles. The summed E-state index contributed by atoms with van der Waals surface area (Å²) >= 11 is 2.59. The molecule has 0 aromatic heterocycles. The molecule has 0 aliphatic rings. The molecule has 0 fully saturated rings. The van der Waals surface area contributed by atoms with Crippen LogP contribution in [0.2, 0.25) is 0 Å². The lowest BCUT2D eigenvalue weighted by Crippen LogP contribution is -2.06. The molecule has 0 unspecified atom stereocenters. The van der Waals surface area contributed by atoms with E-state index in [0.29, 0.717) is 11.3 Å². The minimum atomic E-state index is -0.641. The van der Waals surface area contributed by atoms with Gasteiger partial charge in [0.15, 0.2) is 0 Å². The number of ketones is 1. The van der Waals surface area contributed by atoms with E-state index in [1.165, 1.54) is 7.11 Å². The minimum absolute atomic E-state index is 0.350. The molecule has 0 heterocycles. The molecular weight excluding hydrogens is 236 g/mol. The Hall–Kier alpha value is -1.16. The number of hydrogen-bond acceptors (Lipinski definition) is 3. The van der Waals surface area contributed by atoms with Gasteiger partial charge >= 0.3 is 0 Å². The van der Waals surface area contributed by atoms with Gasteiger partial charge in [0.2, 0.25) is 5.78 Å². The van der Waals surface area contributed by atoms with Crippen molar-refractivity contribution in [3.05, 3.63) is 29.8 Å². The number of benzene rings is 1. The van der Waals surface area contributed by atoms with Gasteiger partial charge in [0.25, 0.3) is 4.69 Å². The van der Waals surface area contributed by atoms with Crippen LogP contribution in [-0.4, -0.2) is 17.6 Å². The van der Waals surface area contributed by atoms with Crippen molar-refractivity contribution in [1.82, 2.24) is 0 Å². The molecule has 4 heteroatoms. The van der Waals surface area contributed by atoms with Crippen LogP contribution in [0.25, 0.3) is 0 Å². The lowest BCUT2D eigenvalue weighted by Gasteiger charge is -1.99. The van der Waals surface area contributed by atoms with Crippen molar-refractivity contribution >= 4 is 26.4 Å². The number of ether oxygens (including phenoxy) is 1. The van der Waals surface area contributed by atoms with Gasteiger partial charge in [-0.05, 0) is 24.3 Å². The minimum Gasteiger partial charge on any atom is -0.497 e. The number of carbonyl (C=O) groups excluding carboxylic acids is 2. The maximum Gasteiger partial charge on any atom is 0.268 e. The molecule has 0 saturated heterocycles. The zero-order valence-corrected chi connectivity index (χ0v) is 8.50. The van der Waals surface area contributed by atoms with Crippen LogP contribution in [0.4, 0.5) is 0 Å². The summed E-state index contributed by atoms with van der Waals surface area (Å²) in [6, 6.07) is 6.34. The van der Waals surface area contributed by atoms with E-state index in [1.807, 2.05) is 0 Å². The molecular formula is C9H7BrO3. The quantitative estimate of drug-likeness (QED) is 0.462. The average Bonchev–Trinajstić information content (AvgIpc) is 2.17. The number of Topliss-reactive ketones (excluding diaryl/α,β-unsaturated/α-hetero) is 1. The van der Waals surface area contributed by atoms with Gasteiger partial charge < -0.3 is 4.74 Å². The Balaban J connectivity index is 2.92. The van der Waals surface area contributed by atoms with E-state index in [1.54, 1.807) is 24.3 Å². The molecule has 0 amide bonds. The summed E-state index contributed by atoms with van der Waals surface area (Å²) in [5.41, 5.74) is 0.350. The first kappa shape index (κ1) is 9.92. The first-order chi connectivity index (χ1) is 6.15. The zero-order valence-electron chi connectivity index (χ0n) is 6.91. The summed E-state index contributed by atoms with van der Waals surface area (Å²) in [6.45, 7) is 0. The summed E-state index contributed by atoms with van der Waals surface area (Å²) in [7, 11) is 1.53. The Bertz CT molecular complexity index is 329. The Morgan fingerprint density at radius 1 is 1.23 bits per heavy atom. The third-order valence-corrected chi connectivity index (χ3v) is 1.89. The summed E-state index contributed by atoms with van der Waals surface area (Å²) in [5, 5.41) is 0. The molecule has 1 aromatic rings. The van der Waals surface area contributed by atoms with Crippen molar-refractivity contribution in [3.63, 3.8) is 0 Å². The highest BCUT2D eigenvalue weighted by atomic mass is 79.9. The Morgan fingerprint density at radius 2 is 1.77 bits per heavy atom. The topological polar surface area (TPSA) is 43.4 Å². The predicted octanol–water partition coefficient (Wildman–Crippen LogP) is 1.80. The first-order valence-electron chi connectivity index (χ1n) is 3.53. The Kier molecular flexibility index (Phi) is 3.19. The second-order valence-electron chi connectivity index (χ2n) is 2.33. The van der Waals surface area contributed by atoms with E-state index >= 15 is 0 Å². The SMILES string of the molecule is COc1ccc(C(=O)C(=O)Br)cc1. The van der Waals surface area contributed by atoms with Crippen molar-refractivity contribution in [2.75, 3.05) is 7.11 Å². The highest BCUT2D eigenvalue weighted by Crippen LogP contribution is 2.12. The fourth-order valence-electron chi connectivity index (χ4n) is 0.856. The van der Waals surface area contributed by atoms with Gasteiger partial charge in [-0.15, -0.1) is 0 Å². The summed E-state index contributed by atoms with van der Waals surface area (Å²) in [5.74, 6) is 0.0984. The van der Waals surface area contributed by atoms with E-state index < -0.39 is 10.5 Å². The van der Waals surface area contributed by atoms with Crippen LogP contribution in [0.5, 0.6) is 5.75 Å². The second-order valence-corrected chi connectivity index (χ2v) is 3.05. The van der Waals surface area contributed by atoms with Crippen molar-refractivity contribution < 1.29 is 14.3 Å². The molecule has 1 rings (SSSR count). The van der Waals surface area contributed by atoms with Gasteiger partial charge in [0.1, 0.15) is 5.75 Å². The summed E-state index contributed by atoms with van der Waals surface area (Å²) < 4.78 is 4.26. The van der Waals surface area contributed by atoms with Crippen molar-refractivity contribution in [1.29, 1.82) is 0 Å². The van der Waals surface area contributed by atoms with Crippen molar-refractivity contribution in [3.8, 4) is 5.75 Å². The van der Waals surface area contributed by atoms with Gasteiger partial charge in [-0.3, -0.25) is 9.59 Å².